The third-order valence-corrected chi connectivity index (χ3v) is 10.1. The minimum absolute atomic E-state index is 0.129. The van der Waals surface area contributed by atoms with Crippen LogP contribution >= 0.6 is 45.9 Å². The van der Waals surface area contributed by atoms with Crippen LogP contribution in [-0.2, 0) is 17.8 Å². The Kier molecular flexibility index (Phi) is 9.15. The molecule has 0 bridgehead atoms. The van der Waals surface area contributed by atoms with Gasteiger partial charge in [-0.05, 0) is 32.4 Å². The number of halogens is 2. The number of rotatable bonds is 10. The highest BCUT2D eigenvalue weighted by Gasteiger charge is 2.25. The van der Waals surface area contributed by atoms with Crippen LogP contribution in [0.4, 0.5) is 5.82 Å². The van der Waals surface area contributed by atoms with E-state index in [1.807, 2.05) is 6.07 Å². The van der Waals surface area contributed by atoms with E-state index < -0.39 is 5.97 Å². The third-order valence-electron chi connectivity index (χ3n) is 7.23. The van der Waals surface area contributed by atoms with E-state index in [1.54, 1.807) is 17.5 Å². The first-order chi connectivity index (χ1) is 18.8. The quantitative estimate of drug-likeness (QED) is 0.319. The number of carbonyl (C=O) groups is 2. The molecule has 9 nitrogen and oxygen atoms in total. The van der Waals surface area contributed by atoms with E-state index in [-0.39, 0.29) is 18.6 Å². The molecule has 208 valence electrons. The third kappa shape index (κ3) is 6.96. The molecular weight excluding hydrogens is 579 g/mol. The SMILES string of the molecule is C[C@@H]1CCCN1Cc1sc(CC(=O)c2cnc(N3CCN(CCC(=O)O)CC3)cn2)nc1-c1cc(Cl)c(Cl)s1. The van der Waals surface area contributed by atoms with E-state index in [4.69, 9.17) is 33.3 Å². The van der Waals surface area contributed by atoms with E-state index in [9.17, 15) is 9.59 Å². The molecule has 2 fully saturated rings. The fraction of sp³-hybridized carbons (Fsp3) is 0.500. The van der Waals surface area contributed by atoms with Crippen LogP contribution in [0, 0.1) is 0 Å². The van der Waals surface area contributed by atoms with E-state index in [0.717, 1.165) is 65.5 Å². The van der Waals surface area contributed by atoms with Gasteiger partial charge in [0, 0.05) is 50.2 Å². The normalized spacial score (nSPS) is 18.6. The van der Waals surface area contributed by atoms with Crippen LogP contribution in [0.5, 0.6) is 0 Å². The molecule has 0 amide bonds. The van der Waals surface area contributed by atoms with Gasteiger partial charge in [0.15, 0.2) is 5.78 Å². The molecule has 13 heteroatoms. The van der Waals surface area contributed by atoms with E-state index >= 15 is 0 Å². The molecule has 0 aromatic carbocycles. The van der Waals surface area contributed by atoms with Gasteiger partial charge < -0.3 is 10.0 Å². The Morgan fingerprint density at radius 2 is 1.90 bits per heavy atom. The number of hydrogen-bond donors (Lipinski definition) is 1. The highest BCUT2D eigenvalue weighted by molar-refractivity contribution is 7.20. The summed E-state index contributed by atoms with van der Waals surface area (Å²) >= 11 is 15.5. The number of carboxylic acid groups (broad SMARTS) is 1. The fourth-order valence-electron chi connectivity index (χ4n) is 4.96. The molecular formula is C26H30Cl2N6O3S2. The first kappa shape index (κ1) is 28.4. The zero-order valence-electron chi connectivity index (χ0n) is 21.6. The summed E-state index contributed by atoms with van der Waals surface area (Å²) in [7, 11) is 0. The van der Waals surface area contributed by atoms with Gasteiger partial charge in [-0.2, -0.15) is 0 Å². The van der Waals surface area contributed by atoms with E-state index in [1.165, 1.54) is 30.4 Å². The Morgan fingerprint density at radius 1 is 1.10 bits per heavy atom. The Hall–Kier alpha value is -2.15. The van der Waals surface area contributed by atoms with Gasteiger partial charge in [0.1, 0.15) is 20.9 Å². The second-order valence-electron chi connectivity index (χ2n) is 9.91. The molecule has 2 aliphatic heterocycles. The van der Waals surface area contributed by atoms with Crippen molar-refractivity contribution in [2.45, 2.75) is 45.2 Å². The molecule has 0 unspecified atom stereocenters. The van der Waals surface area contributed by atoms with Crippen molar-refractivity contribution in [3.8, 4) is 10.6 Å². The van der Waals surface area contributed by atoms with Crippen LogP contribution < -0.4 is 4.90 Å². The van der Waals surface area contributed by atoms with Crippen molar-refractivity contribution in [1.29, 1.82) is 0 Å². The van der Waals surface area contributed by atoms with Gasteiger partial charge in [-0.25, -0.2) is 15.0 Å². The fourth-order valence-corrected chi connectivity index (χ4v) is 7.52. The zero-order valence-corrected chi connectivity index (χ0v) is 24.8. The summed E-state index contributed by atoms with van der Waals surface area (Å²) < 4.78 is 0.537. The number of thiazole rings is 1. The Balaban J connectivity index is 1.25. The Morgan fingerprint density at radius 3 is 2.51 bits per heavy atom. The van der Waals surface area contributed by atoms with Gasteiger partial charge in [0.2, 0.25) is 0 Å². The molecule has 2 saturated heterocycles. The number of Topliss-reactive ketones (excluding diaryl/α,β-unsaturated/α-hetero) is 1. The number of aromatic nitrogens is 3. The van der Waals surface area contributed by atoms with Gasteiger partial charge in [-0.3, -0.25) is 19.4 Å². The van der Waals surface area contributed by atoms with Crippen molar-refractivity contribution in [3.63, 3.8) is 0 Å². The van der Waals surface area contributed by atoms with Crippen molar-refractivity contribution in [2.24, 2.45) is 0 Å². The van der Waals surface area contributed by atoms with Crippen molar-refractivity contribution >= 4 is 63.4 Å². The second kappa shape index (κ2) is 12.6. The largest absolute Gasteiger partial charge is 0.481 e. The maximum atomic E-state index is 13.1. The number of piperazine rings is 1. The number of likely N-dealkylation sites (tertiary alicyclic amines) is 1. The molecule has 2 aliphatic rings. The van der Waals surface area contributed by atoms with Crippen LogP contribution in [0.1, 0.15) is 46.6 Å². The molecule has 0 spiro atoms. The highest BCUT2D eigenvalue weighted by atomic mass is 35.5. The number of anilines is 1. The van der Waals surface area contributed by atoms with Crippen LogP contribution in [0.2, 0.25) is 9.36 Å². The molecule has 5 heterocycles. The number of carboxylic acids is 1. The average molecular weight is 610 g/mol. The summed E-state index contributed by atoms with van der Waals surface area (Å²) in [6, 6.07) is 2.37. The minimum atomic E-state index is -0.782. The van der Waals surface area contributed by atoms with Gasteiger partial charge in [0.25, 0.3) is 0 Å². The maximum absolute atomic E-state index is 13.1. The molecule has 39 heavy (non-hydrogen) atoms. The average Bonchev–Trinajstić information content (AvgIpc) is 3.62. The lowest BCUT2D eigenvalue weighted by molar-refractivity contribution is -0.137. The molecule has 1 N–H and O–H groups in total. The van der Waals surface area contributed by atoms with Crippen molar-refractivity contribution in [1.82, 2.24) is 24.8 Å². The number of hydrogen-bond acceptors (Lipinski definition) is 10. The molecule has 3 aromatic rings. The van der Waals surface area contributed by atoms with Gasteiger partial charge in [-0.15, -0.1) is 22.7 Å². The van der Waals surface area contributed by atoms with E-state index in [2.05, 4.69) is 31.6 Å². The number of thiophene rings is 1. The summed E-state index contributed by atoms with van der Waals surface area (Å²) in [6.07, 6.45) is 5.84. The molecule has 3 aromatic heterocycles. The first-order valence-corrected chi connectivity index (χ1v) is 15.4. The molecule has 1 atom stereocenters. The van der Waals surface area contributed by atoms with E-state index in [0.29, 0.717) is 27.6 Å². The van der Waals surface area contributed by atoms with Crippen LogP contribution in [0.25, 0.3) is 10.6 Å². The lowest BCUT2D eigenvalue weighted by Crippen LogP contribution is -2.47. The topological polar surface area (TPSA) is 103 Å². The number of nitrogens with zero attached hydrogens (tertiary/aromatic N) is 6. The number of ketones is 1. The maximum Gasteiger partial charge on any atom is 0.304 e. The zero-order chi connectivity index (χ0) is 27.5. The highest BCUT2D eigenvalue weighted by Crippen LogP contribution is 2.41. The molecule has 0 saturated carbocycles. The first-order valence-electron chi connectivity index (χ1n) is 13.0. The van der Waals surface area contributed by atoms with Crippen molar-refractivity contribution in [3.05, 3.63) is 43.4 Å². The predicted molar refractivity (Wildman–Crippen MR) is 156 cm³/mol. The standard InChI is InChI=1S/C26H30Cl2N6O3S2/c1-16-3-2-5-34(16)15-21-25(20-11-17(27)26(28)39-20)31-23(38-21)12-19(35)18-13-30-22(14-29-18)33-9-7-32(8-10-33)6-4-24(36)37/h11,13-14,16H,2-10,12,15H2,1H3,(H,36,37)/t16-/m1/s1. The summed E-state index contributed by atoms with van der Waals surface area (Å²) in [5.41, 5.74) is 1.16. The lowest BCUT2D eigenvalue weighted by atomic mass is 10.2. The van der Waals surface area contributed by atoms with Crippen LogP contribution in [-0.4, -0.2) is 86.9 Å². The molecule has 0 aliphatic carbocycles. The van der Waals surface area contributed by atoms with Gasteiger partial charge >= 0.3 is 5.97 Å². The minimum Gasteiger partial charge on any atom is -0.481 e. The summed E-state index contributed by atoms with van der Waals surface area (Å²) in [5, 5.41) is 10.1. The predicted octanol–water partition coefficient (Wildman–Crippen LogP) is 4.97. The van der Waals surface area contributed by atoms with Crippen LogP contribution in [0.3, 0.4) is 0 Å². The van der Waals surface area contributed by atoms with Gasteiger partial charge in [0.05, 0.1) is 40.8 Å². The van der Waals surface area contributed by atoms with Crippen LogP contribution in [0.15, 0.2) is 18.5 Å². The molecule has 5 rings (SSSR count). The molecule has 0 radical (unpaired) electrons. The number of carbonyl (C=O) groups excluding carboxylic acids is 1. The Labute approximate surface area is 245 Å². The lowest BCUT2D eigenvalue weighted by Gasteiger charge is -2.34. The smallest absolute Gasteiger partial charge is 0.304 e. The summed E-state index contributed by atoms with van der Waals surface area (Å²) in [6.45, 7) is 7.64. The second-order valence-corrected chi connectivity index (χ2v) is 13.1. The van der Waals surface area contributed by atoms with Gasteiger partial charge in [-0.1, -0.05) is 23.2 Å². The summed E-state index contributed by atoms with van der Waals surface area (Å²) in [4.78, 5) is 46.4. The Bertz CT molecular complexity index is 1300. The summed E-state index contributed by atoms with van der Waals surface area (Å²) in [5.74, 6) is -0.194. The van der Waals surface area contributed by atoms with Crippen molar-refractivity contribution in [2.75, 3.05) is 44.2 Å². The van der Waals surface area contributed by atoms with Crippen molar-refractivity contribution < 1.29 is 14.7 Å². The monoisotopic (exact) mass is 608 g/mol. The number of aliphatic carboxylic acids is 1.